The van der Waals surface area contributed by atoms with Crippen LogP contribution in [0.5, 0.6) is 0 Å². The molecule has 0 aromatic carbocycles. The molecule has 0 spiro atoms. The van der Waals surface area contributed by atoms with Crippen LogP contribution in [-0.4, -0.2) is 65.5 Å². The van der Waals surface area contributed by atoms with Gasteiger partial charge in [-0.05, 0) is 50.0 Å². The van der Waals surface area contributed by atoms with Crippen LogP contribution in [0.1, 0.15) is 54.4 Å². The van der Waals surface area contributed by atoms with Crippen molar-refractivity contribution in [2.24, 2.45) is 28.6 Å². The first-order chi connectivity index (χ1) is 14.4. The highest BCUT2D eigenvalue weighted by molar-refractivity contribution is 6.69. The largest absolute Gasteiger partial charge is 0.411 e. The molecule has 0 radical (unpaired) electrons. The van der Waals surface area contributed by atoms with Crippen LogP contribution in [0.15, 0.2) is 11.1 Å². The fourth-order valence-corrected chi connectivity index (χ4v) is 8.83. The smallest absolute Gasteiger partial charge is 0.184 e. The van der Waals surface area contributed by atoms with Crippen molar-refractivity contribution in [3.63, 3.8) is 0 Å². The maximum Gasteiger partial charge on any atom is 0.184 e. The Morgan fingerprint density at radius 3 is 2.22 bits per heavy atom. The lowest BCUT2D eigenvalue weighted by molar-refractivity contribution is -0.337. The molecule has 0 aromatic heterocycles. The van der Waals surface area contributed by atoms with Gasteiger partial charge in [0.05, 0.1) is 24.9 Å². The van der Waals surface area contributed by atoms with Crippen LogP contribution in [0, 0.1) is 28.6 Å². The van der Waals surface area contributed by atoms with Crippen molar-refractivity contribution in [3.8, 4) is 0 Å². The molecule has 3 fully saturated rings. The molecule has 6 nitrogen and oxygen atoms in total. The summed E-state index contributed by atoms with van der Waals surface area (Å²) >= 11 is 0. The van der Waals surface area contributed by atoms with E-state index in [0.717, 1.165) is 11.1 Å². The van der Waals surface area contributed by atoms with Crippen LogP contribution < -0.4 is 0 Å². The van der Waals surface area contributed by atoms with Gasteiger partial charge in [0.25, 0.3) is 0 Å². The summed E-state index contributed by atoms with van der Waals surface area (Å²) in [6.07, 6.45) is -1.28. The van der Waals surface area contributed by atoms with Crippen LogP contribution in [0.4, 0.5) is 0 Å². The number of fused-ring (bicyclic) bond motifs is 5. The second-order valence-corrected chi connectivity index (χ2v) is 17.2. The minimum Gasteiger partial charge on any atom is -0.411 e. The quantitative estimate of drug-likeness (QED) is 0.428. The number of aliphatic hydroxyl groups is 3. The predicted octanol–water partition coefficient (Wildman–Crippen LogP) is 3.06. The Balaban J connectivity index is 1.97. The van der Waals surface area contributed by atoms with Gasteiger partial charge in [-0.3, -0.25) is 4.79 Å². The van der Waals surface area contributed by atoms with Crippen molar-refractivity contribution in [1.29, 1.82) is 0 Å². The Bertz CT molecular complexity index is 861. The monoisotopic (exact) mass is 466 g/mol. The van der Waals surface area contributed by atoms with E-state index in [0.29, 0.717) is 6.42 Å². The summed E-state index contributed by atoms with van der Waals surface area (Å²) in [4.78, 5) is 14.2. The fraction of sp³-hybridized carbons (Fsp3) is 0.880. The number of carbonyl (C=O) groups is 1. The standard InChI is InChI=1S/C25H42O6Si/c1-13-10-17-24(28,12-30-17)19-21(27)25(29)11-16(31-32(7,8)9)14(2)18(22(25,4)5)15(3)20(26)23(13,19)6/h13,15-17,19,21,27-29H,10-12H2,1-9H3/t13-,15+,16-,17+,19-,21-,23+,24-,25+/m0/s1. The second kappa shape index (κ2) is 6.98. The molecule has 0 amide bonds. The van der Waals surface area contributed by atoms with E-state index < -0.39 is 54.4 Å². The number of ketones is 1. The summed E-state index contributed by atoms with van der Waals surface area (Å²) in [7, 11) is -1.97. The van der Waals surface area contributed by atoms with Gasteiger partial charge < -0.3 is 24.5 Å². The first kappa shape index (κ1) is 24.5. The zero-order chi connectivity index (χ0) is 24.2. The van der Waals surface area contributed by atoms with E-state index in [1.54, 1.807) is 0 Å². The average molecular weight is 467 g/mol. The SMILES string of the molecule is CC1=C2[C@@H](C)C(=O)[C@@]3(C)[C@H]([C@H](O)[C@](O)(C[C@@H]1O[Si](C)(C)C)C2(C)C)[C@]1(O)CO[C@@H]1C[C@@H]3C. The van der Waals surface area contributed by atoms with E-state index in [1.165, 1.54) is 0 Å². The topological polar surface area (TPSA) is 96.2 Å². The van der Waals surface area contributed by atoms with Crippen LogP contribution in [0.3, 0.4) is 0 Å². The molecule has 0 aromatic rings. The molecule has 0 unspecified atom stereocenters. The lowest BCUT2D eigenvalue weighted by atomic mass is 9.42. The number of rotatable bonds is 2. The summed E-state index contributed by atoms with van der Waals surface area (Å²) in [6.45, 7) is 18.1. The summed E-state index contributed by atoms with van der Waals surface area (Å²) in [5.41, 5.74) is -2.83. The third-order valence-corrected chi connectivity index (χ3v) is 10.7. The summed E-state index contributed by atoms with van der Waals surface area (Å²) in [6, 6.07) is 0. The number of hydrogen-bond acceptors (Lipinski definition) is 6. The molecule has 182 valence electrons. The minimum atomic E-state index is -1.97. The van der Waals surface area contributed by atoms with Gasteiger partial charge in [0, 0.05) is 29.1 Å². The Kier molecular flexibility index (Phi) is 5.36. The van der Waals surface area contributed by atoms with E-state index in [1.807, 2.05) is 41.5 Å². The average Bonchev–Trinajstić information content (AvgIpc) is 2.65. The Morgan fingerprint density at radius 1 is 1.12 bits per heavy atom. The summed E-state index contributed by atoms with van der Waals surface area (Å²) < 4.78 is 12.2. The molecule has 1 aliphatic heterocycles. The van der Waals surface area contributed by atoms with Crippen molar-refractivity contribution >= 4 is 14.1 Å². The van der Waals surface area contributed by atoms with Gasteiger partial charge in [-0.1, -0.05) is 34.6 Å². The van der Waals surface area contributed by atoms with Gasteiger partial charge in [0.2, 0.25) is 0 Å². The fourth-order valence-electron chi connectivity index (χ4n) is 7.72. The first-order valence-electron chi connectivity index (χ1n) is 12.1. The second-order valence-electron chi connectivity index (χ2n) is 12.8. The molecule has 32 heavy (non-hydrogen) atoms. The molecule has 1 saturated heterocycles. The Labute approximate surface area is 193 Å². The van der Waals surface area contributed by atoms with Gasteiger partial charge >= 0.3 is 0 Å². The number of carbonyl (C=O) groups excluding carboxylic acids is 1. The van der Waals surface area contributed by atoms with Crippen molar-refractivity contribution in [3.05, 3.63) is 11.1 Å². The van der Waals surface area contributed by atoms with E-state index >= 15 is 0 Å². The Morgan fingerprint density at radius 2 is 1.72 bits per heavy atom. The van der Waals surface area contributed by atoms with Crippen LogP contribution >= 0.6 is 0 Å². The maximum atomic E-state index is 14.2. The zero-order valence-corrected chi connectivity index (χ0v) is 22.2. The Hall–Kier alpha value is -0.573. The number of hydrogen-bond donors (Lipinski definition) is 3. The molecule has 4 rings (SSSR count). The van der Waals surface area contributed by atoms with Gasteiger partial charge in [-0.25, -0.2) is 0 Å². The normalized spacial score (nSPS) is 50.7. The molecule has 3 aliphatic carbocycles. The zero-order valence-electron chi connectivity index (χ0n) is 21.2. The third kappa shape index (κ3) is 2.91. The number of Topliss-reactive ketones (excluding diaryl/α,β-unsaturated/α-hetero) is 1. The van der Waals surface area contributed by atoms with E-state index in [9.17, 15) is 20.1 Å². The van der Waals surface area contributed by atoms with Gasteiger partial charge in [-0.2, -0.15) is 0 Å². The summed E-state index contributed by atoms with van der Waals surface area (Å²) in [5, 5.41) is 36.1. The molecular weight excluding hydrogens is 424 g/mol. The molecule has 3 N–H and O–H groups in total. The van der Waals surface area contributed by atoms with Crippen molar-refractivity contribution in [1.82, 2.24) is 0 Å². The van der Waals surface area contributed by atoms with Crippen molar-refractivity contribution in [2.75, 3.05) is 6.61 Å². The van der Waals surface area contributed by atoms with Crippen molar-refractivity contribution < 1.29 is 29.3 Å². The van der Waals surface area contributed by atoms with Gasteiger partial charge in [0.15, 0.2) is 8.32 Å². The van der Waals surface area contributed by atoms with Crippen LogP contribution in [0.25, 0.3) is 0 Å². The lowest BCUT2D eigenvalue weighted by Gasteiger charge is -2.67. The molecule has 4 aliphatic rings. The molecule has 9 atom stereocenters. The molecule has 2 bridgehead atoms. The van der Waals surface area contributed by atoms with E-state index in [4.69, 9.17) is 9.16 Å². The molecule has 2 saturated carbocycles. The first-order valence-corrected chi connectivity index (χ1v) is 15.5. The third-order valence-electron chi connectivity index (χ3n) is 9.67. The highest BCUT2D eigenvalue weighted by Crippen LogP contribution is 2.64. The lowest BCUT2D eigenvalue weighted by Crippen LogP contribution is -2.79. The van der Waals surface area contributed by atoms with Crippen LogP contribution in [0.2, 0.25) is 19.6 Å². The number of aliphatic hydroxyl groups excluding tert-OH is 1. The maximum absolute atomic E-state index is 14.2. The van der Waals surface area contributed by atoms with E-state index in [2.05, 4.69) is 19.6 Å². The molecule has 1 heterocycles. The van der Waals surface area contributed by atoms with Gasteiger partial charge in [0.1, 0.15) is 17.0 Å². The summed E-state index contributed by atoms with van der Waals surface area (Å²) in [5.74, 6) is -1.33. The predicted molar refractivity (Wildman–Crippen MR) is 125 cm³/mol. The van der Waals surface area contributed by atoms with E-state index in [-0.39, 0.29) is 30.8 Å². The van der Waals surface area contributed by atoms with Gasteiger partial charge in [-0.15, -0.1) is 0 Å². The molecular formula is C25H42O6Si. The van der Waals surface area contributed by atoms with Crippen LogP contribution in [-0.2, 0) is 14.0 Å². The minimum absolute atomic E-state index is 0.0333. The molecule has 7 heteroatoms. The number of ether oxygens (including phenoxy) is 1. The van der Waals surface area contributed by atoms with Crippen molar-refractivity contribution in [2.45, 2.75) is 104 Å². The highest BCUT2D eigenvalue weighted by Gasteiger charge is 2.73. The highest BCUT2D eigenvalue weighted by atomic mass is 28.4.